The third-order valence-corrected chi connectivity index (χ3v) is 2.43. The molecule has 0 unspecified atom stereocenters. The first kappa shape index (κ1) is 10.7. The lowest BCUT2D eigenvalue weighted by Crippen LogP contribution is -2.09. The largest absolute Gasteiger partial charge is 0.426 e. The Morgan fingerprint density at radius 3 is 2.85 bits per heavy atom. The number of esters is 1. The number of aryl methyl sites for hydroxylation is 1. The summed E-state index contributed by atoms with van der Waals surface area (Å²) in [6.45, 7) is 1.89. The van der Waals surface area contributed by atoms with Gasteiger partial charge in [-0.2, -0.15) is 0 Å². The first-order valence-electron chi connectivity index (χ1n) is 3.66. The van der Waals surface area contributed by atoms with Crippen LogP contribution < -0.4 is 4.74 Å². The highest BCUT2D eigenvalue weighted by Crippen LogP contribution is 2.22. The first-order valence-corrected chi connectivity index (χ1v) is 5.57. The third kappa shape index (κ3) is 3.12. The van der Waals surface area contributed by atoms with Crippen molar-refractivity contribution in [3.63, 3.8) is 0 Å². The molecule has 0 fully saturated rings. The van der Waals surface area contributed by atoms with Crippen LogP contribution in [0.1, 0.15) is 5.56 Å². The molecule has 70 valence electrons. The summed E-state index contributed by atoms with van der Waals surface area (Å²) in [5.41, 5.74) is 0.942. The molecule has 1 rings (SSSR count). The molecule has 1 aromatic rings. The zero-order valence-corrected chi connectivity index (χ0v) is 10.2. The second-order valence-electron chi connectivity index (χ2n) is 2.52. The van der Waals surface area contributed by atoms with Crippen LogP contribution in [0, 0.1) is 6.92 Å². The number of carbonyl (C=O) groups excluding carboxylic acids is 1. The quantitative estimate of drug-likeness (QED) is 0.477. The Kier molecular flexibility index (Phi) is 3.93. The number of halogens is 2. The van der Waals surface area contributed by atoms with Gasteiger partial charge in [0, 0.05) is 4.47 Å². The van der Waals surface area contributed by atoms with Crippen LogP contribution in [0.4, 0.5) is 0 Å². The monoisotopic (exact) mass is 306 g/mol. The molecule has 2 nitrogen and oxygen atoms in total. The number of alkyl halides is 1. The lowest BCUT2D eigenvalue weighted by molar-refractivity contribution is -0.131. The molecule has 4 heteroatoms. The molecule has 0 bridgehead atoms. The highest BCUT2D eigenvalue weighted by molar-refractivity contribution is 9.10. The van der Waals surface area contributed by atoms with Crippen molar-refractivity contribution in [2.24, 2.45) is 0 Å². The van der Waals surface area contributed by atoms with Gasteiger partial charge in [-0.3, -0.25) is 4.79 Å². The van der Waals surface area contributed by atoms with Gasteiger partial charge in [-0.25, -0.2) is 0 Å². The molecule has 0 aliphatic rings. The second kappa shape index (κ2) is 4.77. The Labute approximate surface area is 93.5 Å². The maximum absolute atomic E-state index is 11.0. The summed E-state index contributed by atoms with van der Waals surface area (Å²) in [4.78, 5) is 11.0. The van der Waals surface area contributed by atoms with Gasteiger partial charge < -0.3 is 4.74 Å². The smallest absolute Gasteiger partial charge is 0.321 e. The highest BCUT2D eigenvalue weighted by Gasteiger charge is 2.05. The van der Waals surface area contributed by atoms with Crippen molar-refractivity contribution in [2.75, 3.05) is 5.33 Å². The van der Waals surface area contributed by atoms with Crippen molar-refractivity contribution in [3.8, 4) is 5.75 Å². The lowest BCUT2D eigenvalue weighted by Gasteiger charge is -2.05. The minimum Gasteiger partial charge on any atom is -0.426 e. The fourth-order valence-corrected chi connectivity index (χ4v) is 1.29. The number of carbonyl (C=O) groups is 1. The summed E-state index contributed by atoms with van der Waals surface area (Å²) in [7, 11) is 0. The number of rotatable bonds is 2. The van der Waals surface area contributed by atoms with Gasteiger partial charge in [-0.05, 0) is 24.6 Å². The molecule has 1 aromatic carbocycles. The van der Waals surface area contributed by atoms with E-state index >= 15 is 0 Å². The van der Waals surface area contributed by atoms with E-state index in [-0.39, 0.29) is 11.3 Å². The van der Waals surface area contributed by atoms with E-state index in [4.69, 9.17) is 4.74 Å². The van der Waals surface area contributed by atoms with Crippen LogP contribution in [0.2, 0.25) is 0 Å². The third-order valence-electron chi connectivity index (χ3n) is 1.48. The van der Waals surface area contributed by atoms with Crippen LogP contribution in [0.15, 0.2) is 22.7 Å². The standard InChI is InChI=1S/C9H8Br2O2/c1-6-2-3-7(11)4-8(6)13-9(12)5-10/h2-4H,5H2,1H3. The predicted molar refractivity (Wildman–Crippen MR) is 58.3 cm³/mol. The molecule has 0 heterocycles. The van der Waals surface area contributed by atoms with Crippen molar-refractivity contribution in [1.29, 1.82) is 0 Å². The van der Waals surface area contributed by atoms with Crippen molar-refractivity contribution >= 4 is 37.8 Å². The first-order chi connectivity index (χ1) is 6.13. The van der Waals surface area contributed by atoms with E-state index in [0.29, 0.717) is 5.75 Å². The summed E-state index contributed by atoms with van der Waals surface area (Å²) in [5.74, 6) is 0.306. The highest BCUT2D eigenvalue weighted by atomic mass is 79.9. The van der Waals surface area contributed by atoms with E-state index in [9.17, 15) is 4.79 Å². The zero-order valence-electron chi connectivity index (χ0n) is 7.01. The maximum Gasteiger partial charge on any atom is 0.321 e. The molecule has 13 heavy (non-hydrogen) atoms. The van der Waals surface area contributed by atoms with Crippen LogP contribution in [0.5, 0.6) is 5.75 Å². The van der Waals surface area contributed by atoms with Gasteiger partial charge >= 0.3 is 5.97 Å². The van der Waals surface area contributed by atoms with Crippen molar-refractivity contribution < 1.29 is 9.53 Å². The van der Waals surface area contributed by atoms with E-state index in [1.54, 1.807) is 6.07 Å². The summed E-state index contributed by atoms with van der Waals surface area (Å²) in [6.07, 6.45) is 0. The molecule has 0 N–H and O–H groups in total. The van der Waals surface area contributed by atoms with Gasteiger partial charge in [0.05, 0.1) is 0 Å². The van der Waals surface area contributed by atoms with E-state index in [1.165, 1.54) is 0 Å². The molecular formula is C9H8Br2O2. The van der Waals surface area contributed by atoms with Gasteiger partial charge in [0.1, 0.15) is 11.1 Å². The summed E-state index contributed by atoms with van der Waals surface area (Å²) in [5, 5.41) is 0.207. The minimum atomic E-state index is -0.291. The number of hydrogen-bond acceptors (Lipinski definition) is 2. The molecule has 0 atom stereocenters. The molecular weight excluding hydrogens is 300 g/mol. The van der Waals surface area contributed by atoms with E-state index in [1.807, 2.05) is 19.1 Å². The Morgan fingerprint density at radius 2 is 2.23 bits per heavy atom. The van der Waals surface area contributed by atoms with Crippen LogP contribution in [-0.4, -0.2) is 11.3 Å². The molecule has 0 saturated heterocycles. The molecule has 0 aromatic heterocycles. The van der Waals surface area contributed by atoms with Crippen molar-refractivity contribution in [2.45, 2.75) is 6.92 Å². The number of benzene rings is 1. The van der Waals surface area contributed by atoms with Crippen LogP contribution in [0.3, 0.4) is 0 Å². The Balaban J connectivity index is 2.87. The van der Waals surface area contributed by atoms with Crippen LogP contribution in [0.25, 0.3) is 0 Å². The van der Waals surface area contributed by atoms with Gasteiger partial charge in [-0.1, -0.05) is 37.9 Å². The van der Waals surface area contributed by atoms with E-state index in [2.05, 4.69) is 31.9 Å². The van der Waals surface area contributed by atoms with Gasteiger partial charge in [0.2, 0.25) is 0 Å². The van der Waals surface area contributed by atoms with Crippen LogP contribution >= 0.6 is 31.9 Å². The Morgan fingerprint density at radius 1 is 1.54 bits per heavy atom. The molecule has 0 saturated carbocycles. The number of ether oxygens (including phenoxy) is 1. The summed E-state index contributed by atoms with van der Waals surface area (Å²) in [6, 6.07) is 5.57. The van der Waals surface area contributed by atoms with E-state index < -0.39 is 0 Å². The average molecular weight is 308 g/mol. The Hall–Kier alpha value is -0.350. The SMILES string of the molecule is Cc1ccc(Br)cc1OC(=O)CBr. The van der Waals surface area contributed by atoms with Crippen LogP contribution in [-0.2, 0) is 4.79 Å². The minimum absolute atomic E-state index is 0.207. The van der Waals surface area contributed by atoms with Crippen molar-refractivity contribution in [3.05, 3.63) is 28.2 Å². The van der Waals surface area contributed by atoms with Gasteiger partial charge in [0.15, 0.2) is 0 Å². The normalized spacial score (nSPS) is 9.77. The molecule has 0 aliphatic carbocycles. The zero-order chi connectivity index (χ0) is 9.84. The molecule has 0 aliphatic heterocycles. The van der Waals surface area contributed by atoms with Gasteiger partial charge in [-0.15, -0.1) is 0 Å². The summed E-state index contributed by atoms with van der Waals surface area (Å²) >= 11 is 6.33. The molecule has 0 amide bonds. The topological polar surface area (TPSA) is 26.3 Å². The average Bonchev–Trinajstić information content (AvgIpc) is 2.11. The van der Waals surface area contributed by atoms with Gasteiger partial charge in [0.25, 0.3) is 0 Å². The Bertz CT molecular complexity index is 323. The predicted octanol–water partition coefficient (Wildman–Crippen LogP) is 3.06. The molecule has 0 spiro atoms. The lowest BCUT2D eigenvalue weighted by atomic mass is 10.2. The molecule has 0 radical (unpaired) electrons. The number of hydrogen-bond donors (Lipinski definition) is 0. The van der Waals surface area contributed by atoms with Crippen molar-refractivity contribution in [1.82, 2.24) is 0 Å². The summed E-state index contributed by atoms with van der Waals surface area (Å²) < 4.78 is 5.96. The second-order valence-corrected chi connectivity index (χ2v) is 3.99. The maximum atomic E-state index is 11.0. The fourth-order valence-electron chi connectivity index (χ4n) is 0.834. The fraction of sp³-hybridized carbons (Fsp3) is 0.222. The van der Waals surface area contributed by atoms with E-state index in [0.717, 1.165) is 10.0 Å².